The van der Waals surface area contributed by atoms with Crippen LogP contribution in [0, 0.1) is 0 Å². The van der Waals surface area contributed by atoms with Crippen molar-refractivity contribution in [2.24, 2.45) is 0 Å². The summed E-state index contributed by atoms with van der Waals surface area (Å²) in [6, 6.07) is 18.2. The van der Waals surface area contributed by atoms with Crippen LogP contribution in [0.5, 0.6) is 0 Å². The van der Waals surface area contributed by atoms with Crippen LogP contribution in [0.4, 0.5) is 0 Å². The van der Waals surface area contributed by atoms with E-state index in [1.165, 1.54) is 6.08 Å². The van der Waals surface area contributed by atoms with Crippen molar-refractivity contribution in [3.8, 4) is 0 Å². The van der Waals surface area contributed by atoms with Gasteiger partial charge >= 0.3 is 5.97 Å². The van der Waals surface area contributed by atoms with Gasteiger partial charge in [0.2, 0.25) is 5.78 Å². The van der Waals surface area contributed by atoms with E-state index in [0.717, 1.165) is 5.56 Å². The van der Waals surface area contributed by atoms with Gasteiger partial charge in [-0.1, -0.05) is 60.7 Å². The van der Waals surface area contributed by atoms with Crippen LogP contribution in [0.1, 0.15) is 22.8 Å². The fraction of sp³-hybridized carbons (Fsp3) is 0.111. The Morgan fingerprint density at radius 3 is 2.14 bits per heavy atom. The Balaban J connectivity index is 1.93. The molecule has 0 unspecified atom stereocenters. The number of carbonyl (C=O) groups is 2. The lowest BCUT2D eigenvalue weighted by atomic mass is 10.1. The number of esters is 1. The number of rotatable bonds is 5. The summed E-state index contributed by atoms with van der Waals surface area (Å²) in [6.07, 6.45) is 2.17. The molecular weight excluding hydrogens is 264 g/mol. The van der Waals surface area contributed by atoms with Crippen LogP contribution >= 0.6 is 0 Å². The second kappa shape index (κ2) is 7.20. The van der Waals surface area contributed by atoms with Crippen LogP contribution in [-0.2, 0) is 9.53 Å². The molecule has 0 heterocycles. The average molecular weight is 280 g/mol. The summed E-state index contributed by atoms with van der Waals surface area (Å²) in [5, 5.41) is 0. The average Bonchev–Trinajstić information content (AvgIpc) is 2.54. The van der Waals surface area contributed by atoms with E-state index in [4.69, 9.17) is 4.74 Å². The molecule has 0 aromatic heterocycles. The molecule has 2 aromatic rings. The summed E-state index contributed by atoms with van der Waals surface area (Å²) in [7, 11) is 0. The number of Topliss-reactive ketones (excluding diaryl/α,β-unsaturated/α-hetero) is 1. The maximum absolute atomic E-state index is 12.1. The molecule has 3 nitrogen and oxygen atoms in total. The maximum Gasteiger partial charge on any atom is 0.331 e. The molecule has 0 aliphatic rings. The van der Waals surface area contributed by atoms with Gasteiger partial charge in [-0.3, -0.25) is 4.79 Å². The third-order valence-electron chi connectivity index (χ3n) is 2.93. The van der Waals surface area contributed by atoms with Gasteiger partial charge in [0.05, 0.1) is 0 Å². The molecule has 0 N–H and O–H groups in total. The number of hydrogen-bond donors (Lipinski definition) is 0. The molecule has 0 amide bonds. The van der Waals surface area contributed by atoms with Gasteiger partial charge in [-0.05, 0) is 18.6 Å². The summed E-state index contributed by atoms with van der Waals surface area (Å²) < 4.78 is 5.11. The number of benzene rings is 2. The lowest BCUT2D eigenvalue weighted by Crippen LogP contribution is -2.23. The maximum atomic E-state index is 12.1. The zero-order valence-corrected chi connectivity index (χ0v) is 11.7. The molecule has 0 spiro atoms. The van der Waals surface area contributed by atoms with E-state index in [1.807, 2.05) is 36.4 Å². The van der Waals surface area contributed by atoms with Gasteiger partial charge < -0.3 is 4.74 Å². The normalized spacial score (nSPS) is 12.0. The summed E-state index contributed by atoms with van der Waals surface area (Å²) in [4.78, 5) is 23.8. The summed E-state index contributed by atoms with van der Waals surface area (Å²) in [6.45, 7) is 1.57. The predicted octanol–water partition coefficient (Wildman–Crippen LogP) is 3.51. The first-order chi connectivity index (χ1) is 10.2. The van der Waals surface area contributed by atoms with Gasteiger partial charge in [0.1, 0.15) is 0 Å². The van der Waals surface area contributed by atoms with Crippen LogP contribution < -0.4 is 0 Å². The highest BCUT2D eigenvalue weighted by Crippen LogP contribution is 2.07. The first-order valence-electron chi connectivity index (χ1n) is 6.70. The van der Waals surface area contributed by atoms with Gasteiger partial charge in [-0.15, -0.1) is 0 Å². The number of ketones is 1. The van der Waals surface area contributed by atoms with Gasteiger partial charge in [-0.2, -0.15) is 0 Å². The standard InChI is InChI=1S/C18H16O3/c1-14(18(20)16-10-6-3-7-11-16)21-17(19)13-12-15-8-4-2-5-9-15/h2-14H,1H3/b13-12+/t14-/m1/s1. The van der Waals surface area contributed by atoms with E-state index in [2.05, 4.69) is 0 Å². The van der Waals surface area contributed by atoms with Crippen molar-refractivity contribution in [1.29, 1.82) is 0 Å². The molecular formula is C18H16O3. The zero-order chi connectivity index (χ0) is 15.1. The largest absolute Gasteiger partial charge is 0.451 e. The van der Waals surface area contributed by atoms with E-state index in [0.29, 0.717) is 5.56 Å². The monoisotopic (exact) mass is 280 g/mol. The van der Waals surface area contributed by atoms with Gasteiger partial charge in [0.25, 0.3) is 0 Å². The Kier molecular flexibility index (Phi) is 5.04. The highest BCUT2D eigenvalue weighted by molar-refractivity contribution is 6.00. The Hall–Kier alpha value is -2.68. The molecule has 0 saturated carbocycles. The number of carbonyl (C=O) groups excluding carboxylic acids is 2. The molecule has 1 atom stereocenters. The molecule has 106 valence electrons. The van der Waals surface area contributed by atoms with Crippen molar-refractivity contribution in [2.45, 2.75) is 13.0 Å². The lowest BCUT2D eigenvalue weighted by molar-refractivity contribution is -0.140. The van der Waals surface area contributed by atoms with Crippen molar-refractivity contribution in [3.05, 3.63) is 77.9 Å². The minimum atomic E-state index is -0.805. The highest BCUT2D eigenvalue weighted by atomic mass is 16.5. The Morgan fingerprint density at radius 1 is 0.952 bits per heavy atom. The molecule has 2 rings (SSSR count). The highest BCUT2D eigenvalue weighted by Gasteiger charge is 2.17. The van der Waals surface area contributed by atoms with Crippen molar-refractivity contribution in [3.63, 3.8) is 0 Å². The van der Waals surface area contributed by atoms with E-state index < -0.39 is 12.1 Å². The predicted molar refractivity (Wildman–Crippen MR) is 81.8 cm³/mol. The summed E-state index contributed by atoms with van der Waals surface area (Å²) in [5.74, 6) is -0.743. The second-order valence-electron chi connectivity index (χ2n) is 4.55. The van der Waals surface area contributed by atoms with E-state index >= 15 is 0 Å². The fourth-order valence-corrected chi connectivity index (χ4v) is 1.83. The molecule has 0 aliphatic carbocycles. The van der Waals surface area contributed by atoms with Crippen molar-refractivity contribution in [1.82, 2.24) is 0 Å². The summed E-state index contributed by atoms with van der Waals surface area (Å²) >= 11 is 0. The van der Waals surface area contributed by atoms with Gasteiger partial charge in [0.15, 0.2) is 6.10 Å². The molecule has 21 heavy (non-hydrogen) atoms. The molecule has 3 heteroatoms. The van der Waals surface area contributed by atoms with Crippen LogP contribution in [0.2, 0.25) is 0 Å². The second-order valence-corrected chi connectivity index (χ2v) is 4.55. The van der Waals surface area contributed by atoms with Crippen LogP contribution in [0.15, 0.2) is 66.7 Å². The first-order valence-corrected chi connectivity index (χ1v) is 6.70. The van der Waals surface area contributed by atoms with E-state index in [9.17, 15) is 9.59 Å². The SMILES string of the molecule is C[C@@H](OC(=O)/C=C/c1ccccc1)C(=O)c1ccccc1. The summed E-state index contributed by atoms with van der Waals surface area (Å²) in [5.41, 5.74) is 1.43. The zero-order valence-electron chi connectivity index (χ0n) is 11.7. The molecule has 2 aromatic carbocycles. The first kappa shape index (κ1) is 14.7. The smallest absolute Gasteiger partial charge is 0.331 e. The van der Waals surface area contributed by atoms with Gasteiger partial charge in [0, 0.05) is 11.6 Å². The van der Waals surface area contributed by atoms with Crippen LogP contribution in [0.25, 0.3) is 6.08 Å². The third-order valence-corrected chi connectivity index (χ3v) is 2.93. The van der Waals surface area contributed by atoms with Crippen molar-refractivity contribution in [2.75, 3.05) is 0 Å². The molecule has 0 fully saturated rings. The van der Waals surface area contributed by atoms with Crippen LogP contribution in [0.3, 0.4) is 0 Å². The quantitative estimate of drug-likeness (QED) is 0.478. The molecule has 0 bridgehead atoms. The van der Waals surface area contributed by atoms with E-state index in [-0.39, 0.29) is 5.78 Å². The molecule has 0 radical (unpaired) electrons. The number of hydrogen-bond acceptors (Lipinski definition) is 3. The van der Waals surface area contributed by atoms with Crippen molar-refractivity contribution < 1.29 is 14.3 Å². The van der Waals surface area contributed by atoms with Crippen LogP contribution in [-0.4, -0.2) is 17.9 Å². The Labute approximate surface area is 123 Å². The third kappa shape index (κ3) is 4.42. The van der Waals surface area contributed by atoms with E-state index in [1.54, 1.807) is 37.3 Å². The molecule has 0 aliphatic heterocycles. The molecule has 0 saturated heterocycles. The minimum absolute atomic E-state index is 0.211. The lowest BCUT2D eigenvalue weighted by Gasteiger charge is -2.10. The Bertz CT molecular complexity index is 630. The topological polar surface area (TPSA) is 43.4 Å². The van der Waals surface area contributed by atoms with Crippen molar-refractivity contribution >= 4 is 17.8 Å². The minimum Gasteiger partial charge on any atom is -0.451 e. The number of ether oxygens (including phenoxy) is 1. The Morgan fingerprint density at radius 2 is 1.52 bits per heavy atom. The fourth-order valence-electron chi connectivity index (χ4n) is 1.83. The van der Waals surface area contributed by atoms with Gasteiger partial charge in [-0.25, -0.2) is 4.79 Å².